The summed E-state index contributed by atoms with van der Waals surface area (Å²) in [7, 11) is 0. The summed E-state index contributed by atoms with van der Waals surface area (Å²) in [6.45, 7) is 17.9. The van der Waals surface area contributed by atoms with Crippen LogP contribution in [0.25, 0.3) is 11.0 Å². The van der Waals surface area contributed by atoms with Crippen molar-refractivity contribution in [3.05, 3.63) is 52.0 Å². The van der Waals surface area contributed by atoms with Crippen LogP contribution in [0.4, 0.5) is 0 Å². The van der Waals surface area contributed by atoms with E-state index in [4.69, 9.17) is 4.98 Å². The van der Waals surface area contributed by atoms with Crippen molar-refractivity contribution in [3.63, 3.8) is 0 Å². The summed E-state index contributed by atoms with van der Waals surface area (Å²) in [6, 6.07) is 9.77. The zero-order valence-electron chi connectivity index (χ0n) is 26.2. The molecule has 1 aromatic carbocycles. The molecule has 8 nitrogen and oxygen atoms in total. The Morgan fingerprint density at radius 2 is 1.76 bits per heavy atom. The van der Waals surface area contributed by atoms with Crippen LogP contribution in [-0.2, 0) is 11.2 Å². The van der Waals surface area contributed by atoms with E-state index >= 15 is 0 Å². The number of carbonyl (C=O) groups excluding carboxylic acids is 2. The highest BCUT2D eigenvalue weighted by atomic mass is 32.1. The van der Waals surface area contributed by atoms with Crippen molar-refractivity contribution < 1.29 is 9.59 Å². The van der Waals surface area contributed by atoms with Crippen LogP contribution in [0.1, 0.15) is 87.4 Å². The molecule has 0 spiro atoms. The number of rotatable bonds is 15. The highest BCUT2D eigenvalue weighted by Crippen LogP contribution is 2.28. The molecule has 0 unspecified atom stereocenters. The summed E-state index contributed by atoms with van der Waals surface area (Å²) < 4.78 is 2.36. The topological polar surface area (TPSA) is 82.5 Å². The molecule has 3 heterocycles. The SMILES string of the molecule is CCC(CC)n1c(Cc2cccs2)nc2cc(C(=O)N[C@@H](CC(C)C)C(=O)NCCCN3CCN(CC)CC3)ccc21. The fourth-order valence-corrected chi connectivity index (χ4v) is 6.66. The predicted molar refractivity (Wildman–Crippen MR) is 173 cm³/mol. The van der Waals surface area contributed by atoms with Crippen molar-refractivity contribution in [2.24, 2.45) is 5.92 Å². The maximum atomic E-state index is 13.4. The molecule has 4 rings (SSSR count). The second-order valence-electron chi connectivity index (χ2n) is 11.9. The van der Waals surface area contributed by atoms with Crippen LogP contribution in [0, 0.1) is 5.92 Å². The number of thiophene rings is 1. The molecule has 42 heavy (non-hydrogen) atoms. The van der Waals surface area contributed by atoms with E-state index in [9.17, 15) is 9.59 Å². The van der Waals surface area contributed by atoms with Crippen LogP contribution in [0.5, 0.6) is 0 Å². The number of aromatic nitrogens is 2. The van der Waals surface area contributed by atoms with Gasteiger partial charge in [-0.2, -0.15) is 0 Å². The van der Waals surface area contributed by atoms with Gasteiger partial charge in [-0.1, -0.05) is 40.7 Å². The number of fused-ring (bicyclic) bond motifs is 1. The molecule has 1 fully saturated rings. The van der Waals surface area contributed by atoms with Gasteiger partial charge in [0.1, 0.15) is 11.9 Å². The van der Waals surface area contributed by atoms with Gasteiger partial charge >= 0.3 is 0 Å². The molecule has 3 aromatic rings. The average molecular weight is 595 g/mol. The molecule has 1 aliphatic heterocycles. The Morgan fingerprint density at radius 1 is 1.02 bits per heavy atom. The smallest absolute Gasteiger partial charge is 0.252 e. The molecule has 0 radical (unpaired) electrons. The van der Waals surface area contributed by atoms with E-state index in [1.165, 1.54) is 4.88 Å². The van der Waals surface area contributed by atoms with Crippen LogP contribution in [0.3, 0.4) is 0 Å². The molecule has 230 valence electrons. The molecule has 0 aliphatic carbocycles. The maximum Gasteiger partial charge on any atom is 0.252 e. The number of imidazole rings is 1. The van der Waals surface area contributed by atoms with Gasteiger partial charge < -0.3 is 25.0 Å². The molecule has 9 heteroatoms. The lowest BCUT2D eigenvalue weighted by molar-refractivity contribution is -0.123. The molecule has 0 saturated carbocycles. The van der Waals surface area contributed by atoms with Gasteiger partial charge in [0, 0.05) is 55.6 Å². The lowest BCUT2D eigenvalue weighted by Gasteiger charge is -2.34. The summed E-state index contributed by atoms with van der Waals surface area (Å²) in [5.74, 6) is 0.963. The Balaban J connectivity index is 1.41. The van der Waals surface area contributed by atoms with Gasteiger partial charge in [-0.25, -0.2) is 4.98 Å². The van der Waals surface area contributed by atoms with Crippen LogP contribution in [0.2, 0.25) is 0 Å². The minimum atomic E-state index is -0.571. The van der Waals surface area contributed by atoms with Gasteiger partial charge in [0.05, 0.1) is 11.0 Å². The third kappa shape index (κ3) is 8.42. The number of carbonyl (C=O) groups is 2. The highest BCUT2D eigenvalue weighted by Gasteiger charge is 2.24. The number of hydrogen-bond donors (Lipinski definition) is 2. The van der Waals surface area contributed by atoms with E-state index in [1.807, 2.05) is 18.2 Å². The molecule has 1 saturated heterocycles. The average Bonchev–Trinajstić information content (AvgIpc) is 3.63. The van der Waals surface area contributed by atoms with Crippen molar-refractivity contribution in [1.82, 2.24) is 30.0 Å². The highest BCUT2D eigenvalue weighted by molar-refractivity contribution is 7.09. The Kier molecular flexibility index (Phi) is 12.0. The lowest BCUT2D eigenvalue weighted by atomic mass is 10.0. The van der Waals surface area contributed by atoms with Gasteiger partial charge in [0.2, 0.25) is 5.91 Å². The third-order valence-electron chi connectivity index (χ3n) is 8.44. The Hall–Kier alpha value is -2.75. The van der Waals surface area contributed by atoms with E-state index < -0.39 is 6.04 Å². The zero-order valence-corrected chi connectivity index (χ0v) is 27.0. The van der Waals surface area contributed by atoms with E-state index in [0.29, 0.717) is 24.6 Å². The van der Waals surface area contributed by atoms with Gasteiger partial charge in [-0.3, -0.25) is 9.59 Å². The normalized spacial score (nSPS) is 15.5. The largest absolute Gasteiger partial charge is 0.354 e. The molecule has 2 aromatic heterocycles. The van der Waals surface area contributed by atoms with Crippen molar-refractivity contribution in [1.29, 1.82) is 0 Å². The molecule has 2 amide bonds. The molecule has 0 bridgehead atoms. The molecule has 2 N–H and O–H groups in total. The molecule has 1 atom stereocenters. The fourth-order valence-electron chi connectivity index (χ4n) is 5.96. The summed E-state index contributed by atoms with van der Waals surface area (Å²) in [5.41, 5.74) is 2.41. The maximum absolute atomic E-state index is 13.4. The van der Waals surface area contributed by atoms with Gasteiger partial charge in [-0.15, -0.1) is 11.3 Å². The van der Waals surface area contributed by atoms with E-state index in [1.54, 1.807) is 11.3 Å². The van der Waals surface area contributed by atoms with E-state index in [0.717, 1.165) is 81.8 Å². The van der Waals surface area contributed by atoms with Crippen molar-refractivity contribution in [2.75, 3.05) is 45.8 Å². The first-order valence-corrected chi connectivity index (χ1v) is 16.8. The molecular weight excluding hydrogens is 544 g/mol. The van der Waals surface area contributed by atoms with Gasteiger partial charge in [0.15, 0.2) is 0 Å². The first-order chi connectivity index (χ1) is 20.3. The molecular formula is C33H50N6O2S. The number of piperazine rings is 1. The number of likely N-dealkylation sites (N-methyl/N-ethyl adjacent to an activating group) is 1. The van der Waals surface area contributed by atoms with E-state index in [2.05, 4.69) is 77.1 Å². The van der Waals surface area contributed by atoms with Gasteiger partial charge in [0.25, 0.3) is 5.91 Å². The van der Waals surface area contributed by atoms with Crippen LogP contribution in [-0.4, -0.2) is 83.0 Å². The van der Waals surface area contributed by atoms with Crippen LogP contribution >= 0.6 is 11.3 Å². The fraction of sp³-hybridized carbons (Fsp3) is 0.606. The first kappa shape index (κ1) is 32.2. The van der Waals surface area contributed by atoms with Gasteiger partial charge in [-0.05, 0) is 74.3 Å². The van der Waals surface area contributed by atoms with Crippen LogP contribution < -0.4 is 10.6 Å². The second-order valence-corrected chi connectivity index (χ2v) is 12.9. The summed E-state index contributed by atoms with van der Waals surface area (Å²) in [6.07, 6.45) is 4.30. The second kappa shape index (κ2) is 15.6. The van der Waals surface area contributed by atoms with E-state index in [-0.39, 0.29) is 17.7 Å². The van der Waals surface area contributed by atoms with Crippen molar-refractivity contribution >= 4 is 34.2 Å². The van der Waals surface area contributed by atoms with Crippen molar-refractivity contribution in [2.45, 2.75) is 78.8 Å². The summed E-state index contributed by atoms with van der Waals surface area (Å²) >= 11 is 1.74. The minimum Gasteiger partial charge on any atom is -0.354 e. The quantitative estimate of drug-likeness (QED) is 0.232. The number of nitrogens with one attached hydrogen (secondary N) is 2. The minimum absolute atomic E-state index is 0.106. The zero-order chi connectivity index (χ0) is 30.1. The third-order valence-corrected chi connectivity index (χ3v) is 9.31. The number of amides is 2. The van der Waals surface area contributed by atoms with Crippen molar-refractivity contribution in [3.8, 4) is 0 Å². The Labute approximate surface area is 255 Å². The number of benzene rings is 1. The van der Waals surface area contributed by atoms with Crippen LogP contribution in [0.15, 0.2) is 35.7 Å². The number of hydrogen-bond acceptors (Lipinski definition) is 6. The Bertz CT molecular complexity index is 1280. The lowest BCUT2D eigenvalue weighted by Crippen LogP contribution is -2.48. The Morgan fingerprint density at radius 3 is 2.40 bits per heavy atom. The predicted octanol–water partition coefficient (Wildman–Crippen LogP) is 5.34. The first-order valence-electron chi connectivity index (χ1n) is 15.9. The standard InChI is InChI=1S/C33H50N6O2S/c1-6-26(7-2)39-30-13-12-25(22-28(30)35-31(39)23-27-11-9-20-42-27)32(40)36-29(21-24(4)5)33(41)34-14-10-15-38-18-16-37(8-3)17-19-38/h9,11-13,20,22,24,26,29H,6-8,10,14-19,21,23H2,1-5H3,(H,34,41)(H,36,40)/t29-/m0/s1. The monoisotopic (exact) mass is 594 g/mol. The summed E-state index contributed by atoms with van der Waals surface area (Å²) in [5, 5.41) is 8.22. The molecule has 1 aliphatic rings. The number of nitrogens with zero attached hydrogens (tertiary/aromatic N) is 4. The summed E-state index contributed by atoms with van der Waals surface area (Å²) in [4.78, 5) is 37.8.